The highest BCUT2D eigenvalue weighted by atomic mass is 16.2. The summed E-state index contributed by atoms with van der Waals surface area (Å²) in [6.45, 7) is 4.04. The van der Waals surface area contributed by atoms with Crippen molar-refractivity contribution in [3.63, 3.8) is 0 Å². The molecule has 0 saturated carbocycles. The Morgan fingerprint density at radius 1 is 0.750 bits per heavy atom. The SMILES string of the molecule is CCc1ccc(CCNC(=O)C2(Cc3ccccc3)CCN(C(=O)CCc3ccccc3)CC2)cc1. The van der Waals surface area contributed by atoms with E-state index < -0.39 is 5.41 Å². The predicted molar refractivity (Wildman–Crippen MR) is 146 cm³/mol. The lowest BCUT2D eigenvalue weighted by atomic mass is 9.72. The topological polar surface area (TPSA) is 49.4 Å². The third-order valence-electron chi connectivity index (χ3n) is 7.54. The summed E-state index contributed by atoms with van der Waals surface area (Å²) in [4.78, 5) is 28.5. The van der Waals surface area contributed by atoms with Crippen molar-refractivity contribution in [2.24, 2.45) is 5.41 Å². The number of rotatable bonds is 10. The van der Waals surface area contributed by atoms with E-state index in [4.69, 9.17) is 0 Å². The molecule has 1 fully saturated rings. The second-order valence-corrected chi connectivity index (χ2v) is 9.99. The monoisotopic (exact) mass is 482 g/mol. The molecule has 1 heterocycles. The van der Waals surface area contributed by atoms with Crippen molar-refractivity contribution in [3.8, 4) is 0 Å². The normalized spacial score (nSPS) is 14.9. The fraction of sp³-hybridized carbons (Fsp3) is 0.375. The summed E-state index contributed by atoms with van der Waals surface area (Å²) in [7, 11) is 0. The first-order valence-corrected chi connectivity index (χ1v) is 13.3. The van der Waals surface area contributed by atoms with E-state index in [1.165, 1.54) is 22.3 Å². The zero-order chi connectivity index (χ0) is 25.2. The number of hydrogen-bond acceptors (Lipinski definition) is 2. The molecule has 3 aromatic rings. The van der Waals surface area contributed by atoms with Crippen LogP contribution in [0.15, 0.2) is 84.9 Å². The number of hydrogen-bond donors (Lipinski definition) is 1. The van der Waals surface area contributed by atoms with Crippen molar-refractivity contribution < 1.29 is 9.59 Å². The Labute approximate surface area is 215 Å². The summed E-state index contributed by atoms with van der Waals surface area (Å²) < 4.78 is 0. The number of amides is 2. The average molecular weight is 483 g/mol. The number of aryl methyl sites for hydroxylation is 2. The average Bonchev–Trinajstić information content (AvgIpc) is 2.93. The summed E-state index contributed by atoms with van der Waals surface area (Å²) in [5, 5.41) is 3.24. The van der Waals surface area contributed by atoms with Gasteiger partial charge in [0, 0.05) is 26.1 Å². The smallest absolute Gasteiger partial charge is 0.226 e. The van der Waals surface area contributed by atoms with E-state index >= 15 is 0 Å². The number of nitrogens with zero attached hydrogens (tertiary/aromatic N) is 1. The van der Waals surface area contributed by atoms with Crippen molar-refractivity contribution in [2.45, 2.75) is 51.9 Å². The van der Waals surface area contributed by atoms with E-state index in [1.807, 2.05) is 41.3 Å². The van der Waals surface area contributed by atoms with Crippen molar-refractivity contribution in [3.05, 3.63) is 107 Å². The van der Waals surface area contributed by atoms with Crippen LogP contribution in [0.25, 0.3) is 0 Å². The maximum atomic E-state index is 13.6. The minimum absolute atomic E-state index is 0.118. The van der Waals surface area contributed by atoms with Gasteiger partial charge in [-0.2, -0.15) is 0 Å². The maximum absolute atomic E-state index is 13.6. The lowest BCUT2D eigenvalue weighted by molar-refractivity contribution is -0.140. The molecule has 0 bridgehead atoms. The number of nitrogens with one attached hydrogen (secondary N) is 1. The number of piperidine rings is 1. The zero-order valence-electron chi connectivity index (χ0n) is 21.4. The molecular weight excluding hydrogens is 444 g/mol. The summed E-state index contributed by atoms with van der Waals surface area (Å²) in [5.74, 6) is 0.302. The fourth-order valence-corrected chi connectivity index (χ4v) is 5.16. The van der Waals surface area contributed by atoms with Gasteiger partial charge in [0.1, 0.15) is 0 Å². The lowest BCUT2D eigenvalue weighted by Crippen LogP contribution is -2.51. The van der Waals surface area contributed by atoms with Crippen LogP contribution in [0.4, 0.5) is 0 Å². The molecular formula is C32H38N2O2. The zero-order valence-corrected chi connectivity index (χ0v) is 21.4. The second-order valence-electron chi connectivity index (χ2n) is 9.99. The highest BCUT2D eigenvalue weighted by Crippen LogP contribution is 2.36. The van der Waals surface area contributed by atoms with E-state index in [0.717, 1.165) is 19.3 Å². The molecule has 188 valence electrons. The lowest BCUT2D eigenvalue weighted by Gasteiger charge is -2.41. The van der Waals surface area contributed by atoms with Crippen LogP contribution in [0.1, 0.15) is 48.4 Å². The Morgan fingerprint density at radius 3 is 1.92 bits per heavy atom. The van der Waals surface area contributed by atoms with E-state index in [9.17, 15) is 9.59 Å². The Balaban J connectivity index is 1.36. The largest absolute Gasteiger partial charge is 0.355 e. The summed E-state index contributed by atoms with van der Waals surface area (Å²) >= 11 is 0. The number of benzene rings is 3. The molecule has 0 aliphatic carbocycles. The molecule has 4 heteroatoms. The van der Waals surface area contributed by atoms with Gasteiger partial charge in [0.2, 0.25) is 11.8 Å². The van der Waals surface area contributed by atoms with Crippen molar-refractivity contribution in [2.75, 3.05) is 19.6 Å². The van der Waals surface area contributed by atoms with Gasteiger partial charge in [-0.15, -0.1) is 0 Å². The summed E-state index contributed by atoms with van der Waals surface area (Å²) in [5.41, 5.74) is 4.44. The first-order chi connectivity index (χ1) is 17.6. The number of carbonyl (C=O) groups excluding carboxylic acids is 2. The van der Waals surface area contributed by atoms with E-state index in [1.54, 1.807) is 0 Å². The molecule has 36 heavy (non-hydrogen) atoms. The molecule has 2 amide bonds. The Hall–Kier alpha value is -3.40. The van der Waals surface area contributed by atoms with Crippen LogP contribution in [0.5, 0.6) is 0 Å². The van der Waals surface area contributed by atoms with Gasteiger partial charge in [-0.25, -0.2) is 0 Å². The number of carbonyl (C=O) groups is 2. The first-order valence-electron chi connectivity index (χ1n) is 13.3. The molecule has 4 rings (SSSR count). The first kappa shape index (κ1) is 25.7. The minimum Gasteiger partial charge on any atom is -0.355 e. The van der Waals surface area contributed by atoms with Crippen LogP contribution >= 0.6 is 0 Å². The predicted octanol–water partition coefficient (Wildman–Crippen LogP) is 5.39. The van der Waals surface area contributed by atoms with E-state index in [-0.39, 0.29) is 11.8 Å². The third-order valence-corrected chi connectivity index (χ3v) is 7.54. The summed E-state index contributed by atoms with van der Waals surface area (Å²) in [6, 6.07) is 29.1. The van der Waals surface area contributed by atoms with E-state index in [2.05, 4.69) is 60.8 Å². The maximum Gasteiger partial charge on any atom is 0.226 e. The highest BCUT2D eigenvalue weighted by Gasteiger charge is 2.42. The van der Waals surface area contributed by atoms with Crippen molar-refractivity contribution in [1.29, 1.82) is 0 Å². The van der Waals surface area contributed by atoms with Crippen LogP contribution in [0.3, 0.4) is 0 Å². The minimum atomic E-state index is -0.483. The Kier molecular flexibility index (Phi) is 8.94. The summed E-state index contributed by atoms with van der Waals surface area (Å²) in [6.07, 6.45) is 5.21. The molecule has 4 nitrogen and oxygen atoms in total. The van der Waals surface area contributed by atoms with Crippen LogP contribution in [-0.4, -0.2) is 36.3 Å². The van der Waals surface area contributed by atoms with Crippen LogP contribution in [-0.2, 0) is 35.3 Å². The molecule has 0 spiro atoms. The van der Waals surface area contributed by atoms with E-state index in [0.29, 0.717) is 45.3 Å². The Bertz CT molecular complexity index is 1100. The van der Waals surface area contributed by atoms with Gasteiger partial charge < -0.3 is 10.2 Å². The third kappa shape index (κ3) is 6.84. The van der Waals surface area contributed by atoms with Gasteiger partial charge in [0.05, 0.1) is 5.41 Å². The molecule has 1 aliphatic rings. The fourth-order valence-electron chi connectivity index (χ4n) is 5.16. The Morgan fingerprint density at radius 2 is 1.31 bits per heavy atom. The van der Waals surface area contributed by atoms with Crippen molar-refractivity contribution >= 4 is 11.8 Å². The van der Waals surface area contributed by atoms with Crippen LogP contribution in [0.2, 0.25) is 0 Å². The number of likely N-dealkylation sites (tertiary alicyclic amines) is 1. The second kappa shape index (κ2) is 12.5. The molecule has 0 atom stereocenters. The standard InChI is InChI=1S/C32H38N2O2/c1-2-26-13-15-28(16-14-26)19-22-33-31(36)32(25-29-11-7-4-8-12-29)20-23-34(24-21-32)30(35)18-17-27-9-5-3-6-10-27/h3-16H,2,17-25H2,1H3,(H,33,36). The van der Waals surface area contributed by atoms with Crippen LogP contribution < -0.4 is 5.32 Å². The molecule has 0 unspecified atom stereocenters. The van der Waals surface area contributed by atoms with Gasteiger partial charge in [-0.05, 0) is 60.8 Å². The molecule has 1 saturated heterocycles. The molecule has 1 N–H and O–H groups in total. The molecule has 0 radical (unpaired) electrons. The van der Waals surface area contributed by atoms with Gasteiger partial charge in [0.15, 0.2) is 0 Å². The molecule has 0 aromatic heterocycles. The van der Waals surface area contributed by atoms with Crippen LogP contribution in [0, 0.1) is 5.41 Å². The van der Waals surface area contributed by atoms with Gasteiger partial charge in [-0.1, -0.05) is 91.9 Å². The quantitative estimate of drug-likeness (QED) is 0.421. The van der Waals surface area contributed by atoms with Gasteiger partial charge in [0.25, 0.3) is 0 Å². The molecule has 3 aromatic carbocycles. The van der Waals surface area contributed by atoms with Gasteiger partial charge >= 0.3 is 0 Å². The molecule has 1 aliphatic heterocycles. The van der Waals surface area contributed by atoms with Gasteiger partial charge in [-0.3, -0.25) is 9.59 Å². The highest BCUT2D eigenvalue weighted by molar-refractivity contribution is 5.84. The van der Waals surface area contributed by atoms with Crippen molar-refractivity contribution in [1.82, 2.24) is 10.2 Å².